The lowest BCUT2D eigenvalue weighted by Crippen LogP contribution is -2.51. The van der Waals surface area contributed by atoms with Crippen LogP contribution in [0.1, 0.15) is 19.8 Å². The van der Waals surface area contributed by atoms with E-state index in [-0.39, 0.29) is 18.0 Å². The Bertz CT molecular complexity index is 396. The molecule has 1 atom stereocenters. The summed E-state index contributed by atoms with van der Waals surface area (Å²) in [5.41, 5.74) is 0.468. The van der Waals surface area contributed by atoms with Crippen LogP contribution in [-0.4, -0.2) is 73.7 Å². The van der Waals surface area contributed by atoms with Crippen LogP contribution in [-0.2, 0) is 19.1 Å². The molecule has 0 saturated carbocycles. The SMILES string of the molecule is C=C(CN1CCN(C(=O)C2CCCO2)CC1)C(=O)OCC. The van der Waals surface area contributed by atoms with Gasteiger partial charge < -0.3 is 14.4 Å². The van der Waals surface area contributed by atoms with Crippen LogP contribution in [0, 0.1) is 0 Å². The number of hydrogen-bond acceptors (Lipinski definition) is 5. The van der Waals surface area contributed by atoms with Crippen molar-refractivity contribution in [1.29, 1.82) is 0 Å². The second-order valence-electron chi connectivity index (χ2n) is 5.43. The Morgan fingerprint density at radius 3 is 2.57 bits per heavy atom. The molecule has 6 heteroatoms. The fraction of sp³-hybridized carbons (Fsp3) is 0.733. The first-order valence-corrected chi connectivity index (χ1v) is 7.59. The number of carbonyl (C=O) groups excluding carboxylic acids is 2. The van der Waals surface area contributed by atoms with Crippen molar-refractivity contribution in [3.05, 3.63) is 12.2 Å². The number of rotatable bonds is 5. The highest BCUT2D eigenvalue weighted by atomic mass is 16.5. The zero-order valence-electron chi connectivity index (χ0n) is 12.7. The van der Waals surface area contributed by atoms with Gasteiger partial charge in [-0.25, -0.2) is 4.79 Å². The molecule has 2 aliphatic rings. The third-order valence-corrected chi connectivity index (χ3v) is 3.87. The molecule has 1 unspecified atom stereocenters. The fourth-order valence-electron chi connectivity index (χ4n) is 2.67. The van der Waals surface area contributed by atoms with E-state index in [1.807, 2.05) is 4.90 Å². The van der Waals surface area contributed by atoms with Gasteiger partial charge >= 0.3 is 5.97 Å². The molecule has 2 aliphatic heterocycles. The molecule has 0 aromatic carbocycles. The van der Waals surface area contributed by atoms with Gasteiger partial charge in [-0.1, -0.05) is 6.58 Å². The number of amides is 1. The number of esters is 1. The van der Waals surface area contributed by atoms with Crippen LogP contribution in [0.2, 0.25) is 0 Å². The summed E-state index contributed by atoms with van der Waals surface area (Å²) in [4.78, 5) is 27.7. The average molecular weight is 296 g/mol. The van der Waals surface area contributed by atoms with Crippen LogP contribution in [0.25, 0.3) is 0 Å². The molecule has 0 aliphatic carbocycles. The topological polar surface area (TPSA) is 59.1 Å². The highest BCUT2D eigenvalue weighted by Crippen LogP contribution is 2.16. The Morgan fingerprint density at radius 2 is 2.00 bits per heavy atom. The van der Waals surface area contributed by atoms with E-state index < -0.39 is 0 Å². The lowest BCUT2D eigenvalue weighted by atomic mass is 10.2. The van der Waals surface area contributed by atoms with Crippen molar-refractivity contribution in [2.24, 2.45) is 0 Å². The van der Waals surface area contributed by atoms with Gasteiger partial charge in [0.1, 0.15) is 6.10 Å². The van der Waals surface area contributed by atoms with Crippen LogP contribution in [0.4, 0.5) is 0 Å². The molecule has 0 aromatic heterocycles. The second kappa shape index (κ2) is 7.56. The van der Waals surface area contributed by atoms with E-state index in [1.165, 1.54) is 0 Å². The molecule has 0 radical (unpaired) electrons. The molecule has 6 nitrogen and oxygen atoms in total. The van der Waals surface area contributed by atoms with E-state index in [1.54, 1.807) is 6.92 Å². The quantitative estimate of drug-likeness (QED) is 0.544. The maximum absolute atomic E-state index is 12.2. The number of nitrogens with zero attached hydrogens (tertiary/aromatic N) is 2. The van der Waals surface area contributed by atoms with Gasteiger partial charge in [-0.05, 0) is 19.8 Å². The largest absolute Gasteiger partial charge is 0.463 e. The highest BCUT2D eigenvalue weighted by Gasteiger charge is 2.30. The number of carbonyl (C=O) groups is 2. The van der Waals surface area contributed by atoms with E-state index in [0.717, 1.165) is 25.9 Å². The van der Waals surface area contributed by atoms with Crippen molar-refractivity contribution >= 4 is 11.9 Å². The van der Waals surface area contributed by atoms with Gasteiger partial charge in [-0.3, -0.25) is 9.69 Å². The minimum Gasteiger partial charge on any atom is -0.463 e. The smallest absolute Gasteiger partial charge is 0.334 e. The Labute approximate surface area is 125 Å². The summed E-state index contributed by atoms with van der Waals surface area (Å²) in [5.74, 6) is -0.230. The van der Waals surface area contributed by atoms with Crippen molar-refractivity contribution in [2.75, 3.05) is 45.9 Å². The van der Waals surface area contributed by atoms with Crippen molar-refractivity contribution in [1.82, 2.24) is 9.80 Å². The van der Waals surface area contributed by atoms with Gasteiger partial charge in [0, 0.05) is 44.9 Å². The predicted octanol–water partition coefficient (Wildman–Crippen LogP) is 0.429. The zero-order valence-corrected chi connectivity index (χ0v) is 12.7. The lowest BCUT2D eigenvalue weighted by Gasteiger charge is -2.35. The third-order valence-electron chi connectivity index (χ3n) is 3.87. The first-order valence-electron chi connectivity index (χ1n) is 7.59. The highest BCUT2D eigenvalue weighted by molar-refractivity contribution is 5.88. The molecule has 2 fully saturated rings. The number of hydrogen-bond donors (Lipinski definition) is 0. The summed E-state index contributed by atoms with van der Waals surface area (Å²) in [6.45, 7) is 9.94. The average Bonchev–Trinajstić information content (AvgIpc) is 3.01. The predicted molar refractivity (Wildman–Crippen MR) is 77.8 cm³/mol. The van der Waals surface area contributed by atoms with Gasteiger partial charge in [0.25, 0.3) is 5.91 Å². The molecule has 118 valence electrons. The van der Waals surface area contributed by atoms with Gasteiger partial charge in [-0.15, -0.1) is 0 Å². The van der Waals surface area contributed by atoms with Crippen LogP contribution >= 0.6 is 0 Å². The van der Waals surface area contributed by atoms with Crippen LogP contribution in [0.15, 0.2) is 12.2 Å². The van der Waals surface area contributed by atoms with Crippen LogP contribution in [0.5, 0.6) is 0 Å². The van der Waals surface area contributed by atoms with Crippen LogP contribution in [0.3, 0.4) is 0 Å². The summed E-state index contributed by atoms with van der Waals surface area (Å²) in [7, 11) is 0. The molecular weight excluding hydrogens is 272 g/mol. The van der Waals surface area contributed by atoms with E-state index in [0.29, 0.717) is 38.4 Å². The number of piperazine rings is 1. The summed E-state index contributed by atoms with van der Waals surface area (Å²) in [5, 5.41) is 0. The number of ether oxygens (including phenoxy) is 2. The van der Waals surface area contributed by atoms with Gasteiger partial charge in [0.15, 0.2) is 0 Å². The third kappa shape index (κ3) is 4.28. The van der Waals surface area contributed by atoms with E-state index in [2.05, 4.69) is 11.5 Å². The molecule has 0 N–H and O–H groups in total. The van der Waals surface area contributed by atoms with Gasteiger partial charge in [0.05, 0.1) is 6.61 Å². The molecule has 0 aromatic rings. The molecule has 0 bridgehead atoms. The van der Waals surface area contributed by atoms with E-state index >= 15 is 0 Å². The monoisotopic (exact) mass is 296 g/mol. The zero-order chi connectivity index (χ0) is 15.2. The van der Waals surface area contributed by atoms with Gasteiger partial charge in [0.2, 0.25) is 0 Å². The van der Waals surface area contributed by atoms with Crippen molar-refractivity contribution in [2.45, 2.75) is 25.9 Å². The summed E-state index contributed by atoms with van der Waals surface area (Å²) >= 11 is 0. The molecular formula is C15H24N2O4. The van der Waals surface area contributed by atoms with E-state index in [4.69, 9.17) is 9.47 Å². The Hall–Kier alpha value is -1.40. The Kier molecular flexibility index (Phi) is 5.76. The summed E-state index contributed by atoms with van der Waals surface area (Å²) in [6, 6.07) is 0. The van der Waals surface area contributed by atoms with E-state index in [9.17, 15) is 9.59 Å². The standard InChI is InChI=1S/C15H24N2O4/c1-3-20-15(19)12(2)11-16-6-8-17(9-7-16)14(18)13-5-4-10-21-13/h13H,2-11H2,1H3. The molecule has 2 saturated heterocycles. The second-order valence-corrected chi connectivity index (χ2v) is 5.43. The first-order chi connectivity index (χ1) is 10.1. The minimum absolute atomic E-state index is 0.108. The van der Waals surface area contributed by atoms with Crippen molar-refractivity contribution in [3.63, 3.8) is 0 Å². The molecule has 21 heavy (non-hydrogen) atoms. The molecule has 2 rings (SSSR count). The Balaban J connectivity index is 1.74. The molecule has 0 spiro atoms. The lowest BCUT2D eigenvalue weighted by molar-refractivity contribution is -0.143. The van der Waals surface area contributed by atoms with Gasteiger partial charge in [-0.2, -0.15) is 0 Å². The molecule has 2 heterocycles. The summed E-state index contributed by atoms with van der Waals surface area (Å²) in [6.07, 6.45) is 1.56. The normalized spacial score (nSPS) is 23.1. The van der Waals surface area contributed by atoms with Crippen molar-refractivity contribution < 1.29 is 19.1 Å². The maximum Gasteiger partial charge on any atom is 0.334 e. The fourth-order valence-corrected chi connectivity index (χ4v) is 2.67. The maximum atomic E-state index is 12.2. The summed E-state index contributed by atoms with van der Waals surface area (Å²) < 4.78 is 10.4. The van der Waals surface area contributed by atoms with Crippen LogP contribution < -0.4 is 0 Å². The minimum atomic E-state index is -0.338. The Morgan fingerprint density at radius 1 is 1.29 bits per heavy atom. The van der Waals surface area contributed by atoms with Crippen molar-refractivity contribution in [3.8, 4) is 0 Å². The first kappa shape index (κ1) is 16.0. The molecule has 1 amide bonds.